The Balaban J connectivity index is 1.86. The second-order valence-corrected chi connectivity index (χ2v) is 7.55. The average molecular weight is 396 g/mol. The van der Waals surface area contributed by atoms with Gasteiger partial charge in [-0.05, 0) is 41.7 Å². The molecule has 0 saturated carbocycles. The zero-order valence-corrected chi connectivity index (χ0v) is 15.1. The van der Waals surface area contributed by atoms with E-state index in [1.807, 2.05) is 18.2 Å². The molecule has 2 aromatic carbocycles. The lowest BCUT2D eigenvalue weighted by atomic mass is 9.77. The van der Waals surface area contributed by atoms with Crippen molar-refractivity contribution in [1.82, 2.24) is 0 Å². The highest BCUT2D eigenvalue weighted by Crippen LogP contribution is 2.53. The standard InChI is InChI=1S/C18H13Cl3N2O2/c19-10-7-13-11-2-1-3-12(11)17(9-4-5-14(20)15(21)6-9)22-18(13)16(8-10)23(24)25/h1-2,4-8,11-12,17,22H,3H2/t11-,12+,17-/m1/s1. The summed E-state index contributed by atoms with van der Waals surface area (Å²) in [5.41, 5.74) is 2.35. The van der Waals surface area contributed by atoms with Crippen molar-refractivity contribution in [3.63, 3.8) is 0 Å². The van der Waals surface area contributed by atoms with E-state index in [9.17, 15) is 10.1 Å². The summed E-state index contributed by atoms with van der Waals surface area (Å²) in [5.74, 6) is 0.316. The van der Waals surface area contributed by atoms with Crippen molar-refractivity contribution >= 4 is 46.2 Å². The summed E-state index contributed by atoms with van der Waals surface area (Å²) < 4.78 is 0. The van der Waals surface area contributed by atoms with Crippen LogP contribution < -0.4 is 5.32 Å². The number of rotatable bonds is 2. The van der Waals surface area contributed by atoms with E-state index >= 15 is 0 Å². The van der Waals surface area contributed by atoms with Crippen LogP contribution in [0, 0.1) is 16.0 Å². The minimum Gasteiger partial charge on any atom is -0.372 e. The largest absolute Gasteiger partial charge is 0.372 e. The molecule has 2 aliphatic rings. The number of nitrogens with one attached hydrogen (secondary N) is 1. The van der Waals surface area contributed by atoms with Gasteiger partial charge in [0, 0.05) is 17.0 Å². The monoisotopic (exact) mass is 394 g/mol. The molecule has 1 aliphatic heterocycles. The van der Waals surface area contributed by atoms with Crippen molar-refractivity contribution in [1.29, 1.82) is 0 Å². The van der Waals surface area contributed by atoms with Crippen molar-refractivity contribution < 1.29 is 4.92 Å². The van der Waals surface area contributed by atoms with E-state index < -0.39 is 4.92 Å². The molecule has 4 nitrogen and oxygen atoms in total. The zero-order chi connectivity index (χ0) is 17.7. The summed E-state index contributed by atoms with van der Waals surface area (Å²) in [4.78, 5) is 11.1. The van der Waals surface area contributed by atoms with Gasteiger partial charge in [-0.1, -0.05) is 53.0 Å². The van der Waals surface area contributed by atoms with Crippen LogP contribution in [0.25, 0.3) is 0 Å². The molecule has 3 atom stereocenters. The molecule has 128 valence electrons. The van der Waals surface area contributed by atoms with Crippen LogP contribution in [0.4, 0.5) is 11.4 Å². The van der Waals surface area contributed by atoms with Crippen molar-refractivity contribution in [2.24, 2.45) is 5.92 Å². The van der Waals surface area contributed by atoms with Gasteiger partial charge < -0.3 is 5.32 Å². The molecular weight excluding hydrogens is 383 g/mol. The lowest BCUT2D eigenvalue weighted by Gasteiger charge is -2.37. The maximum Gasteiger partial charge on any atom is 0.294 e. The quantitative estimate of drug-likeness (QED) is 0.364. The predicted molar refractivity (Wildman–Crippen MR) is 101 cm³/mol. The number of halogens is 3. The molecule has 0 spiro atoms. The van der Waals surface area contributed by atoms with Gasteiger partial charge in [0.1, 0.15) is 5.69 Å². The van der Waals surface area contributed by atoms with Crippen LogP contribution in [0.3, 0.4) is 0 Å². The molecule has 0 radical (unpaired) electrons. The number of benzene rings is 2. The van der Waals surface area contributed by atoms with Crippen LogP contribution in [0.1, 0.15) is 29.5 Å². The number of fused-ring (bicyclic) bond motifs is 3. The average Bonchev–Trinajstić information content (AvgIpc) is 3.06. The number of anilines is 1. The minimum atomic E-state index is -0.400. The summed E-state index contributed by atoms with van der Waals surface area (Å²) in [6.45, 7) is 0. The molecule has 2 aromatic rings. The van der Waals surface area contributed by atoms with E-state index in [-0.39, 0.29) is 23.6 Å². The fraction of sp³-hybridized carbons (Fsp3) is 0.222. The second kappa shape index (κ2) is 6.20. The topological polar surface area (TPSA) is 55.2 Å². The first-order valence-electron chi connectivity index (χ1n) is 7.81. The summed E-state index contributed by atoms with van der Waals surface area (Å²) in [6.07, 6.45) is 5.10. The van der Waals surface area contributed by atoms with Crippen LogP contribution in [0.2, 0.25) is 15.1 Å². The molecule has 0 bridgehead atoms. The molecule has 4 rings (SSSR count). The third-order valence-electron chi connectivity index (χ3n) is 4.91. The van der Waals surface area contributed by atoms with Gasteiger partial charge in [-0.2, -0.15) is 0 Å². The zero-order valence-electron chi connectivity index (χ0n) is 12.9. The highest BCUT2D eigenvalue weighted by molar-refractivity contribution is 6.42. The molecular formula is C18H13Cl3N2O2. The maximum atomic E-state index is 11.5. The van der Waals surface area contributed by atoms with Crippen LogP contribution in [-0.4, -0.2) is 4.92 Å². The fourth-order valence-electron chi connectivity index (χ4n) is 3.83. The number of hydrogen-bond donors (Lipinski definition) is 1. The number of nitro benzene ring substituents is 1. The van der Waals surface area contributed by atoms with Gasteiger partial charge in [0.05, 0.1) is 21.0 Å². The van der Waals surface area contributed by atoms with E-state index in [0.717, 1.165) is 17.5 Å². The third-order valence-corrected chi connectivity index (χ3v) is 5.87. The van der Waals surface area contributed by atoms with E-state index in [1.54, 1.807) is 6.07 Å². The Labute approximate surface area is 159 Å². The van der Waals surface area contributed by atoms with E-state index in [0.29, 0.717) is 20.8 Å². The summed E-state index contributed by atoms with van der Waals surface area (Å²) in [7, 11) is 0. The van der Waals surface area contributed by atoms with Crippen LogP contribution in [0.15, 0.2) is 42.5 Å². The van der Waals surface area contributed by atoms with E-state index in [1.165, 1.54) is 6.07 Å². The smallest absolute Gasteiger partial charge is 0.294 e. The maximum absolute atomic E-state index is 11.5. The SMILES string of the molecule is O=[N+]([O-])c1cc(Cl)cc2c1N[C@H](c1ccc(Cl)c(Cl)c1)[C@H]1CC=C[C@@H]21. The lowest BCUT2D eigenvalue weighted by Crippen LogP contribution is -2.29. The molecule has 1 aliphatic carbocycles. The Morgan fingerprint density at radius 1 is 1.12 bits per heavy atom. The molecule has 0 fully saturated rings. The first-order chi connectivity index (χ1) is 12.0. The second-order valence-electron chi connectivity index (χ2n) is 6.30. The molecule has 0 unspecified atom stereocenters. The minimum absolute atomic E-state index is 0.00805. The lowest BCUT2D eigenvalue weighted by molar-refractivity contribution is -0.384. The van der Waals surface area contributed by atoms with Crippen LogP contribution in [0.5, 0.6) is 0 Å². The molecule has 25 heavy (non-hydrogen) atoms. The van der Waals surface area contributed by atoms with Gasteiger partial charge in [-0.15, -0.1) is 0 Å². The predicted octanol–water partition coefficient (Wildman–Crippen LogP) is 6.38. The van der Waals surface area contributed by atoms with Gasteiger partial charge in [0.2, 0.25) is 0 Å². The molecule has 0 saturated heterocycles. The summed E-state index contributed by atoms with van der Waals surface area (Å²) in [5, 5.41) is 16.2. The summed E-state index contributed by atoms with van der Waals surface area (Å²) >= 11 is 18.3. The van der Waals surface area contributed by atoms with Gasteiger partial charge >= 0.3 is 0 Å². The van der Waals surface area contributed by atoms with Gasteiger partial charge in [0.15, 0.2) is 0 Å². The Morgan fingerprint density at radius 3 is 2.64 bits per heavy atom. The van der Waals surface area contributed by atoms with Gasteiger partial charge in [-0.3, -0.25) is 10.1 Å². The van der Waals surface area contributed by atoms with Crippen LogP contribution in [-0.2, 0) is 0 Å². The third kappa shape index (κ3) is 2.78. The molecule has 0 amide bonds. The fourth-order valence-corrected chi connectivity index (χ4v) is 4.35. The van der Waals surface area contributed by atoms with Crippen molar-refractivity contribution in [2.45, 2.75) is 18.4 Å². The van der Waals surface area contributed by atoms with E-state index in [4.69, 9.17) is 34.8 Å². The Hall–Kier alpha value is -1.75. The first-order valence-corrected chi connectivity index (χ1v) is 8.95. The number of nitro groups is 1. The van der Waals surface area contributed by atoms with Gasteiger partial charge in [-0.25, -0.2) is 0 Å². The van der Waals surface area contributed by atoms with Crippen LogP contribution >= 0.6 is 34.8 Å². The van der Waals surface area contributed by atoms with Crippen molar-refractivity contribution in [2.75, 3.05) is 5.32 Å². The van der Waals surface area contributed by atoms with Crippen molar-refractivity contribution in [3.05, 3.63) is 78.8 Å². The highest BCUT2D eigenvalue weighted by atomic mass is 35.5. The Bertz CT molecular complexity index is 913. The normalized spacial score (nSPS) is 23.7. The first kappa shape index (κ1) is 16.7. The molecule has 7 heteroatoms. The Morgan fingerprint density at radius 2 is 1.92 bits per heavy atom. The number of hydrogen-bond acceptors (Lipinski definition) is 3. The number of nitrogens with zero attached hydrogens (tertiary/aromatic N) is 1. The molecule has 0 aromatic heterocycles. The van der Waals surface area contributed by atoms with Gasteiger partial charge in [0.25, 0.3) is 5.69 Å². The van der Waals surface area contributed by atoms with Crippen molar-refractivity contribution in [3.8, 4) is 0 Å². The number of allylic oxidation sites excluding steroid dienone is 2. The highest BCUT2D eigenvalue weighted by Gasteiger charge is 2.41. The van der Waals surface area contributed by atoms with E-state index in [2.05, 4.69) is 17.5 Å². The molecule has 1 N–H and O–H groups in total. The Kier molecular flexibility index (Phi) is 4.14. The molecule has 1 heterocycles. The summed E-state index contributed by atoms with van der Waals surface area (Å²) in [6, 6.07) is 8.59.